The Morgan fingerprint density at radius 1 is 1.43 bits per heavy atom. The third-order valence-corrected chi connectivity index (χ3v) is 1.19. The summed E-state index contributed by atoms with van der Waals surface area (Å²) in [5.74, 6) is 0. The van der Waals surface area contributed by atoms with Crippen LogP contribution < -0.4 is 0 Å². The van der Waals surface area contributed by atoms with Gasteiger partial charge in [-0.05, 0) is 19.3 Å². The highest BCUT2D eigenvalue weighted by atomic mass is 16.3. The lowest BCUT2D eigenvalue weighted by Gasteiger charge is -1.95. The first-order chi connectivity index (χ1) is 3.29. The number of hydrogen-bond donors (Lipinski definition) is 2. The van der Waals surface area contributed by atoms with Crippen LogP contribution in [0.2, 0.25) is 0 Å². The van der Waals surface area contributed by atoms with E-state index < -0.39 is 0 Å². The molecule has 0 amide bonds. The molecule has 0 saturated heterocycles. The summed E-state index contributed by atoms with van der Waals surface area (Å²) >= 11 is 0. The summed E-state index contributed by atoms with van der Waals surface area (Å²) in [6.45, 7) is 0. The third kappa shape index (κ3) is 1.14. The Labute approximate surface area is 42.8 Å². The maximum atomic E-state index is 8.71. The second-order valence-electron chi connectivity index (χ2n) is 1.93. The normalized spacial score (nSPS) is 42.0. The quantitative estimate of drug-likeness (QED) is 0.440. The van der Waals surface area contributed by atoms with Crippen molar-refractivity contribution in [2.45, 2.75) is 25.0 Å². The lowest BCUT2D eigenvalue weighted by Crippen LogP contribution is -2.02. The average Bonchev–Trinajstić information content (AvgIpc) is 1.87. The number of rotatable bonds is 0. The fourth-order valence-corrected chi connectivity index (χ4v) is 0.785. The summed E-state index contributed by atoms with van der Waals surface area (Å²) in [5.41, 5.74) is 0. The van der Waals surface area contributed by atoms with Crippen LogP contribution in [-0.2, 0) is 0 Å². The monoisotopic (exact) mass is 101 g/mol. The zero-order chi connectivity index (χ0) is 5.28. The molecule has 1 fully saturated rings. The molecule has 0 spiro atoms. The van der Waals surface area contributed by atoms with Gasteiger partial charge in [0.2, 0.25) is 0 Å². The van der Waals surface area contributed by atoms with Gasteiger partial charge >= 0.3 is 0 Å². The second-order valence-corrected chi connectivity index (χ2v) is 1.93. The van der Waals surface area contributed by atoms with E-state index in [1.54, 1.807) is 6.42 Å². The van der Waals surface area contributed by atoms with E-state index in [1.165, 1.54) is 0 Å². The first kappa shape index (κ1) is 5.06. The van der Waals surface area contributed by atoms with Crippen molar-refractivity contribution in [3.8, 4) is 0 Å². The van der Waals surface area contributed by atoms with Crippen LogP contribution in [0.1, 0.15) is 12.8 Å². The largest absolute Gasteiger partial charge is 0.393 e. The molecule has 2 nitrogen and oxygen atoms in total. The Bertz CT molecular complexity index is 55.1. The summed E-state index contributed by atoms with van der Waals surface area (Å²) in [4.78, 5) is 0. The molecule has 2 atom stereocenters. The first-order valence-electron chi connectivity index (χ1n) is 2.48. The Kier molecular flexibility index (Phi) is 1.30. The number of aliphatic hydroxyl groups excluding tert-OH is 2. The highest BCUT2D eigenvalue weighted by Crippen LogP contribution is 2.16. The molecule has 7 heavy (non-hydrogen) atoms. The molecule has 0 aliphatic heterocycles. The van der Waals surface area contributed by atoms with E-state index in [1.807, 2.05) is 0 Å². The van der Waals surface area contributed by atoms with Crippen LogP contribution in [0.15, 0.2) is 0 Å². The van der Waals surface area contributed by atoms with E-state index in [-0.39, 0.29) is 12.2 Å². The molecule has 1 radical (unpaired) electrons. The van der Waals surface area contributed by atoms with E-state index in [4.69, 9.17) is 10.2 Å². The van der Waals surface area contributed by atoms with Crippen molar-refractivity contribution in [3.63, 3.8) is 0 Å². The Hall–Kier alpha value is -0.0800. The minimum Gasteiger partial charge on any atom is -0.393 e. The molecule has 1 saturated carbocycles. The van der Waals surface area contributed by atoms with E-state index in [0.717, 1.165) is 0 Å². The van der Waals surface area contributed by atoms with Crippen LogP contribution in [0.25, 0.3) is 0 Å². The number of hydrogen-bond acceptors (Lipinski definition) is 2. The Morgan fingerprint density at radius 3 is 2.29 bits per heavy atom. The summed E-state index contributed by atoms with van der Waals surface area (Å²) in [6, 6.07) is 0. The third-order valence-electron chi connectivity index (χ3n) is 1.19. The molecular weight excluding hydrogens is 92.1 g/mol. The van der Waals surface area contributed by atoms with Gasteiger partial charge in [0.05, 0.1) is 12.2 Å². The molecule has 0 heterocycles. The van der Waals surface area contributed by atoms with Crippen molar-refractivity contribution in [2.24, 2.45) is 0 Å². The van der Waals surface area contributed by atoms with Crippen LogP contribution in [0, 0.1) is 6.42 Å². The topological polar surface area (TPSA) is 40.5 Å². The SMILES string of the molecule is OC1[CH]CC(O)C1. The predicted molar refractivity (Wildman–Crippen MR) is 25.5 cm³/mol. The van der Waals surface area contributed by atoms with Crippen molar-refractivity contribution in [1.29, 1.82) is 0 Å². The highest BCUT2D eigenvalue weighted by molar-refractivity contribution is 4.88. The maximum Gasteiger partial charge on any atom is 0.0597 e. The number of aliphatic hydroxyl groups is 2. The fourth-order valence-electron chi connectivity index (χ4n) is 0.785. The molecular formula is C5H9O2. The fraction of sp³-hybridized carbons (Fsp3) is 0.800. The van der Waals surface area contributed by atoms with Crippen LogP contribution in [-0.4, -0.2) is 22.4 Å². The van der Waals surface area contributed by atoms with Crippen LogP contribution >= 0.6 is 0 Å². The zero-order valence-electron chi connectivity index (χ0n) is 4.04. The van der Waals surface area contributed by atoms with Gasteiger partial charge in [0.15, 0.2) is 0 Å². The van der Waals surface area contributed by atoms with Gasteiger partial charge in [-0.1, -0.05) is 0 Å². The van der Waals surface area contributed by atoms with E-state index in [2.05, 4.69) is 0 Å². The standard InChI is InChI=1S/C5H9O2/c6-4-1-2-5(7)3-4/h1,4-7H,2-3H2. The molecule has 0 aromatic carbocycles. The predicted octanol–water partition coefficient (Wildman–Crippen LogP) is -0.294. The van der Waals surface area contributed by atoms with Gasteiger partial charge in [-0.3, -0.25) is 0 Å². The van der Waals surface area contributed by atoms with Gasteiger partial charge in [-0.15, -0.1) is 0 Å². The minimum absolute atomic E-state index is 0.282. The summed E-state index contributed by atoms with van der Waals surface area (Å²) in [7, 11) is 0. The van der Waals surface area contributed by atoms with E-state index >= 15 is 0 Å². The van der Waals surface area contributed by atoms with E-state index in [0.29, 0.717) is 12.8 Å². The van der Waals surface area contributed by atoms with Gasteiger partial charge < -0.3 is 10.2 Å². The lowest BCUT2D eigenvalue weighted by atomic mass is 10.3. The van der Waals surface area contributed by atoms with Crippen molar-refractivity contribution in [2.75, 3.05) is 0 Å². The van der Waals surface area contributed by atoms with E-state index in [9.17, 15) is 0 Å². The van der Waals surface area contributed by atoms with Crippen molar-refractivity contribution >= 4 is 0 Å². The molecule has 1 aliphatic rings. The van der Waals surface area contributed by atoms with Gasteiger partial charge in [0.25, 0.3) is 0 Å². The lowest BCUT2D eigenvalue weighted by molar-refractivity contribution is 0.142. The molecule has 2 heteroatoms. The first-order valence-corrected chi connectivity index (χ1v) is 2.48. The van der Waals surface area contributed by atoms with Crippen LogP contribution in [0.5, 0.6) is 0 Å². The van der Waals surface area contributed by atoms with Gasteiger partial charge in [-0.2, -0.15) is 0 Å². The summed E-state index contributed by atoms with van der Waals surface area (Å²) in [5, 5.41) is 17.4. The molecule has 0 aromatic rings. The Balaban J connectivity index is 2.26. The van der Waals surface area contributed by atoms with Gasteiger partial charge in [-0.25, -0.2) is 0 Å². The van der Waals surface area contributed by atoms with Crippen molar-refractivity contribution in [3.05, 3.63) is 6.42 Å². The van der Waals surface area contributed by atoms with Gasteiger partial charge in [0, 0.05) is 0 Å². The second kappa shape index (κ2) is 1.80. The molecule has 0 bridgehead atoms. The molecule has 2 N–H and O–H groups in total. The van der Waals surface area contributed by atoms with Crippen molar-refractivity contribution in [1.82, 2.24) is 0 Å². The summed E-state index contributed by atoms with van der Waals surface area (Å²) in [6.07, 6.45) is 2.27. The molecule has 1 aliphatic carbocycles. The maximum absolute atomic E-state index is 8.71. The minimum atomic E-state index is -0.352. The molecule has 2 unspecified atom stereocenters. The summed E-state index contributed by atoms with van der Waals surface area (Å²) < 4.78 is 0. The molecule has 41 valence electrons. The van der Waals surface area contributed by atoms with Crippen LogP contribution in [0.3, 0.4) is 0 Å². The zero-order valence-corrected chi connectivity index (χ0v) is 4.04. The molecule has 1 rings (SSSR count). The average molecular weight is 101 g/mol. The molecule has 0 aromatic heterocycles. The highest BCUT2D eigenvalue weighted by Gasteiger charge is 2.19. The van der Waals surface area contributed by atoms with Crippen LogP contribution in [0.4, 0.5) is 0 Å². The van der Waals surface area contributed by atoms with Gasteiger partial charge in [0.1, 0.15) is 0 Å². The Morgan fingerprint density at radius 2 is 2.14 bits per heavy atom. The smallest absolute Gasteiger partial charge is 0.0597 e. The van der Waals surface area contributed by atoms with Crippen molar-refractivity contribution < 1.29 is 10.2 Å².